The lowest BCUT2D eigenvalue weighted by atomic mass is 10.0. The summed E-state index contributed by atoms with van der Waals surface area (Å²) in [6.07, 6.45) is 1.94. The summed E-state index contributed by atoms with van der Waals surface area (Å²) in [6, 6.07) is 6.08. The number of aryl methyl sites for hydroxylation is 2. The van der Waals surface area contributed by atoms with Crippen molar-refractivity contribution in [2.24, 2.45) is 0 Å². The molecule has 1 amide bonds. The van der Waals surface area contributed by atoms with Crippen molar-refractivity contribution in [1.82, 2.24) is 9.21 Å². The van der Waals surface area contributed by atoms with Gasteiger partial charge in [0.1, 0.15) is 0 Å². The van der Waals surface area contributed by atoms with Crippen LogP contribution in [0.1, 0.15) is 36.5 Å². The van der Waals surface area contributed by atoms with Gasteiger partial charge in [-0.25, -0.2) is 8.42 Å². The van der Waals surface area contributed by atoms with Crippen LogP contribution in [0.25, 0.3) is 0 Å². The molecular formula is C18H28N2O3S. The molecule has 1 heterocycles. The van der Waals surface area contributed by atoms with E-state index in [0.29, 0.717) is 39.0 Å². The van der Waals surface area contributed by atoms with E-state index in [1.165, 1.54) is 15.4 Å². The first-order chi connectivity index (χ1) is 11.3. The Kier molecular flexibility index (Phi) is 6.40. The molecule has 0 aromatic heterocycles. The monoisotopic (exact) mass is 352 g/mol. The molecule has 1 saturated heterocycles. The van der Waals surface area contributed by atoms with Gasteiger partial charge in [-0.3, -0.25) is 4.79 Å². The van der Waals surface area contributed by atoms with E-state index < -0.39 is 10.0 Å². The maximum atomic E-state index is 12.5. The number of carbonyl (C=O) groups is 1. The molecule has 0 aliphatic carbocycles. The molecule has 0 atom stereocenters. The molecule has 1 aliphatic heterocycles. The van der Waals surface area contributed by atoms with Gasteiger partial charge < -0.3 is 4.90 Å². The number of sulfonamides is 1. The number of amides is 1. The summed E-state index contributed by atoms with van der Waals surface area (Å²) in [5.74, 6) is 0.281. The Bertz CT molecular complexity index is 678. The highest BCUT2D eigenvalue weighted by molar-refractivity contribution is 7.89. The van der Waals surface area contributed by atoms with Crippen molar-refractivity contribution in [1.29, 1.82) is 0 Å². The Hall–Kier alpha value is -1.40. The SMILES string of the molecule is CCCCS(=O)(=O)N1CCN(C(=O)Cc2ccc(C)c(C)c2)CC1. The lowest BCUT2D eigenvalue weighted by Gasteiger charge is -2.34. The molecule has 1 fully saturated rings. The van der Waals surface area contributed by atoms with Crippen LogP contribution >= 0.6 is 0 Å². The Morgan fingerprint density at radius 2 is 1.75 bits per heavy atom. The molecule has 0 saturated carbocycles. The van der Waals surface area contributed by atoms with Crippen LogP contribution in [-0.4, -0.2) is 55.5 Å². The quantitative estimate of drug-likeness (QED) is 0.788. The molecule has 0 bridgehead atoms. The first-order valence-electron chi connectivity index (χ1n) is 8.65. The Balaban J connectivity index is 1.89. The number of benzene rings is 1. The van der Waals surface area contributed by atoms with Gasteiger partial charge in [0.05, 0.1) is 12.2 Å². The second-order valence-corrected chi connectivity index (χ2v) is 8.63. The lowest BCUT2D eigenvalue weighted by molar-refractivity contribution is -0.131. The van der Waals surface area contributed by atoms with Crippen LogP contribution in [0.15, 0.2) is 18.2 Å². The molecule has 1 aliphatic rings. The number of piperazine rings is 1. The number of hydrogen-bond acceptors (Lipinski definition) is 3. The zero-order chi connectivity index (χ0) is 17.7. The van der Waals surface area contributed by atoms with Crippen molar-refractivity contribution in [3.05, 3.63) is 34.9 Å². The van der Waals surface area contributed by atoms with Gasteiger partial charge in [-0.05, 0) is 37.0 Å². The van der Waals surface area contributed by atoms with Gasteiger partial charge in [0, 0.05) is 26.2 Å². The molecule has 6 heteroatoms. The van der Waals surface area contributed by atoms with E-state index in [-0.39, 0.29) is 11.7 Å². The molecular weight excluding hydrogens is 324 g/mol. The Morgan fingerprint density at radius 1 is 1.08 bits per heavy atom. The first kappa shape index (κ1) is 18.9. The van der Waals surface area contributed by atoms with Gasteiger partial charge in [0.2, 0.25) is 15.9 Å². The molecule has 1 aromatic carbocycles. The summed E-state index contributed by atoms with van der Waals surface area (Å²) in [6.45, 7) is 7.86. The van der Waals surface area contributed by atoms with Crippen LogP contribution in [0.5, 0.6) is 0 Å². The van der Waals surface area contributed by atoms with E-state index in [9.17, 15) is 13.2 Å². The topological polar surface area (TPSA) is 57.7 Å². The average molecular weight is 353 g/mol. The Morgan fingerprint density at radius 3 is 2.33 bits per heavy atom. The number of nitrogens with zero attached hydrogens (tertiary/aromatic N) is 2. The van der Waals surface area contributed by atoms with Crippen molar-refractivity contribution in [3.63, 3.8) is 0 Å². The molecule has 134 valence electrons. The second kappa shape index (κ2) is 8.12. The van der Waals surface area contributed by atoms with Crippen molar-refractivity contribution < 1.29 is 13.2 Å². The maximum Gasteiger partial charge on any atom is 0.227 e. The fourth-order valence-corrected chi connectivity index (χ4v) is 4.50. The average Bonchev–Trinajstić information content (AvgIpc) is 2.56. The van der Waals surface area contributed by atoms with E-state index in [1.54, 1.807) is 4.90 Å². The molecule has 0 N–H and O–H groups in total. The minimum absolute atomic E-state index is 0.0730. The molecule has 5 nitrogen and oxygen atoms in total. The molecule has 0 spiro atoms. The van der Waals surface area contributed by atoms with Crippen molar-refractivity contribution in [2.45, 2.75) is 40.0 Å². The van der Waals surface area contributed by atoms with Crippen LogP contribution in [0.4, 0.5) is 0 Å². The number of unbranched alkanes of at least 4 members (excludes halogenated alkanes) is 1. The van der Waals surface area contributed by atoms with Gasteiger partial charge in [-0.2, -0.15) is 4.31 Å². The lowest BCUT2D eigenvalue weighted by Crippen LogP contribution is -2.51. The summed E-state index contributed by atoms with van der Waals surface area (Å²) in [5, 5.41) is 0. The van der Waals surface area contributed by atoms with Crippen LogP contribution in [0, 0.1) is 13.8 Å². The summed E-state index contributed by atoms with van der Waals surface area (Å²) < 4.78 is 25.9. The van der Waals surface area contributed by atoms with Gasteiger partial charge >= 0.3 is 0 Å². The molecule has 2 rings (SSSR count). The largest absolute Gasteiger partial charge is 0.340 e. The maximum absolute atomic E-state index is 12.5. The van der Waals surface area contributed by atoms with Gasteiger partial charge in [0.15, 0.2) is 0 Å². The normalized spacial score (nSPS) is 16.4. The standard InChI is InChI=1S/C18H28N2O3S/c1-4-5-12-24(22,23)20-10-8-19(9-11-20)18(21)14-17-7-6-15(2)16(3)13-17/h6-7,13H,4-5,8-12,14H2,1-3H3. The van der Waals surface area contributed by atoms with Crippen molar-refractivity contribution in [3.8, 4) is 0 Å². The first-order valence-corrected chi connectivity index (χ1v) is 10.3. The minimum atomic E-state index is -3.17. The third-order valence-electron chi connectivity index (χ3n) is 4.67. The van der Waals surface area contributed by atoms with Crippen LogP contribution in [-0.2, 0) is 21.2 Å². The number of carbonyl (C=O) groups excluding carboxylic acids is 1. The molecule has 0 unspecified atom stereocenters. The summed E-state index contributed by atoms with van der Waals surface area (Å²) in [5.41, 5.74) is 3.42. The van der Waals surface area contributed by atoms with Crippen LogP contribution in [0.2, 0.25) is 0 Å². The fourth-order valence-electron chi connectivity index (χ4n) is 2.87. The smallest absolute Gasteiger partial charge is 0.227 e. The summed E-state index contributed by atoms with van der Waals surface area (Å²) in [4.78, 5) is 14.2. The van der Waals surface area contributed by atoms with E-state index in [2.05, 4.69) is 13.0 Å². The third-order valence-corrected chi connectivity index (χ3v) is 6.62. The van der Waals surface area contributed by atoms with E-state index in [0.717, 1.165) is 12.0 Å². The van der Waals surface area contributed by atoms with E-state index in [1.807, 2.05) is 26.0 Å². The van der Waals surface area contributed by atoms with Gasteiger partial charge in [0.25, 0.3) is 0 Å². The Labute approximate surface area is 145 Å². The highest BCUT2D eigenvalue weighted by atomic mass is 32.2. The number of hydrogen-bond donors (Lipinski definition) is 0. The van der Waals surface area contributed by atoms with Crippen LogP contribution < -0.4 is 0 Å². The zero-order valence-electron chi connectivity index (χ0n) is 14.9. The molecule has 0 radical (unpaired) electrons. The van der Waals surface area contributed by atoms with Crippen molar-refractivity contribution >= 4 is 15.9 Å². The predicted octanol–water partition coefficient (Wildman–Crippen LogP) is 2.12. The zero-order valence-corrected chi connectivity index (χ0v) is 15.7. The molecule has 24 heavy (non-hydrogen) atoms. The number of rotatable bonds is 6. The van der Waals surface area contributed by atoms with E-state index >= 15 is 0 Å². The van der Waals surface area contributed by atoms with Gasteiger partial charge in [-0.1, -0.05) is 31.5 Å². The summed E-state index contributed by atoms with van der Waals surface area (Å²) in [7, 11) is -3.17. The fraction of sp³-hybridized carbons (Fsp3) is 0.611. The van der Waals surface area contributed by atoms with Gasteiger partial charge in [-0.15, -0.1) is 0 Å². The summed E-state index contributed by atoms with van der Waals surface area (Å²) >= 11 is 0. The predicted molar refractivity (Wildman–Crippen MR) is 96.5 cm³/mol. The minimum Gasteiger partial charge on any atom is -0.340 e. The van der Waals surface area contributed by atoms with Crippen molar-refractivity contribution in [2.75, 3.05) is 31.9 Å². The highest BCUT2D eigenvalue weighted by Crippen LogP contribution is 2.14. The van der Waals surface area contributed by atoms with Crippen LogP contribution in [0.3, 0.4) is 0 Å². The second-order valence-electron chi connectivity index (χ2n) is 6.54. The third kappa shape index (κ3) is 4.80. The molecule has 1 aromatic rings. The van der Waals surface area contributed by atoms with E-state index in [4.69, 9.17) is 0 Å². The highest BCUT2D eigenvalue weighted by Gasteiger charge is 2.28.